The zero-order valence-electron chi connectivity index (χ0n) is 10.7. The summed E-state index contributed by atoms with van der Waals surface area (Å²) in [6, 6.07) is 6.12. The third-order valence-corrected chi connectivity index (χ3v) is 3.29. The Morgan fingerprint density at radius 2 is 1.90 bits per heavy atom. The number of carbonyl (C=O) groups is 1. The van der Waals surface area contributed by atoms with Gasteiger partial charge in [-0.15, -0.1) is 0 Å². The van der Waals surface area contributed by atoms with E-state index < -0.39 is 17.2 Å². The van der Waals surface area contributed by atoms with Gasteiger partial charge in [-0.1, -0.05) is 29.3 Å². The third kappa shape index (κ3) is 4.21. The number of rotatable bonds is 4. The van der Waals surface area contributed by atoms with Gasteiger partial charge in [0.05, 0.1) is 0 Å². The summed E-state index contributed by atoms with van der Waals surface area (Å²) in [6.45, 7) is 0.301. The summed E-state index contributed by atoms with van der Waals surface area (Å²) in [4.78, 5) is 38.2. The molecule has 2 aromatic rings. The predicted molar refractivity (Wildman–Crippen MR) is 80.2 cm³/mol. The maximum Gasteiger partial charge on any atom is 0.326 e. The minimum Gasteiger partial charge on any atom is -0.350 e. The average molecular weight is 328 g/mol. The van der Waals surface area contributed by atoms with Crippen LogP contribution in [0.3, 0.4) is 0 Å². The smallest absolute Gasteiger partial charge is 0.326 e. The Labute approximate surface area is 129 Å². The summed E-state index contributed by atoms with van der Waals surface area (Å²) >= 11 is 11.8. The van der Waals surface area contributed by atoms with Crippen LogP contribution in [-0.4, -0.2) is 22.4 Å². The lowest BCUT2D eigenvalue weighted by Crippen LogP contribution is -2.32. The molecule has 1 aromatic carbocycles. The molecule has 0 unspecified atom stereocenters. The number of hydrogen-bond acceptors (Lipinski definition) is 3. The molecule has 0 aliphatic heterocycles. The molecule has 0 atom stereocenters. The number of hydrogen-bond donors (Lipinski definition) is 3. The van der Waals surface area contributed by atoms with Gasteiger partial charge in [-0.2, -0.15) is 0 Å². The summed E-state index contributed by atoms with van der Waals surface area (Å²) in [5.41, 5.74) is -0.621. The first-order valence-corrected chi connectivity index (χ1v) is 6.77. The molecule has 0 bridgehead atoms. The third-order valence-electron chi connectivity index (χ3n) is 2.70. The lowest BCUT2D eigenvalue weighted by Gasteiger charge is -2.06. The molecule has 0 saturated carbocycles. The molecule has 1 aromatic heterocycles. The fraction of sp³-hybridized carbons (Fsp3) is 0.154. The normalized spacial score (nSPS) is 10.4. The fourth-order valence-electron chi connectivity index (χ4n) is 1.72. The molecular weight excluding hydrogens is 317 g/mol. The zero-order valence-corrected chi connectivity index (χ0v) is 12.2. The number of halogens is 2. The van der Waals surface area contributed by atoms with E-state index in [1.807, 2.05) is 4.98 Å². The highest BCUT2D eigenvalue weighted by molar-refractivity contribution is 6.35. The number of carbonyl (C=O) groups excluding carboxylic acids is 1. The van der Waals surface area contributed by atoms with Crippen LogP contribution in [0.5, 0.6) is 0 Å². The summed E-state index contributed by atoms with van der Waals surface area (Å²) in [5.74, 6) is -0.539. The van der Waals surface area contributed by atoms with E-state index in [0.29, 0.717) is 23.0 Å². The molecule has 21 heavy (non-hydrogen) atoms. The van der Waals surface area contributed by atoms with Crippen molar-refractivity contribution in [2.45, 2.75) is 6.42 Å². The number of aromatic amines is 2. The molecule has 0 fully saturated rings. The van der Waals surface area contributed by atoms with E-state index in [1.165, 1.54) is 0 Å². The number of amides is 1. The van der Waals surface area contributed by atoms with Crippen molar-refractivity contribution in [3.8, 4) is 0 Å². The van der Waals surface area contributed by atoms with Crippen LogP contribution in [0.2, 0.25) is 10.0 Å². The maximum atomic E-state index is 11.8. The fourth-order valence-corrected chi connectivity index (χ4v) is 2.22. The van der Waals surface area contributed by atoms with Crippen molar-refractivity contribution in [2.24, 2.45) is 0 Å². The Kier molecular flexibility index (Phi) is 4.82. The Morgan fingerprint density at radius 3 is 2.57 bits per heavy atom. The quantitative estimate of drug-likeness (QED) is 0.790. The van der Waals surface area contributed by atoms with Crippen LogP contribution in [0.25, 0.3) is 0 Å². The topological polar surface area (TPSA) is 94.8 Å². The highest BCUT2D eigenvalue weighted by Gasteiger charge is 2.08. The van der Waals surface area contributed by atoms with Crippen LogP contribution in [0.15, 0.2) is 33.9 Å². The van der Waals surface area contributed by atoms with Crippen LogP contribution in [0.4, 0.5) is 0 Å². The Bertz CT molecular complexity index is 754. The first-order chi connectivity index (χ1) is 9.95. The zero-order chi connectivity index (χ0) is 15.4. The molecule has 0 radical (unpaired) electrons. The van der Waals surface area contributed by atoms with Crippen molar-refractivity contribution in [2.75, 3.05) is 6.54 Å². The lowest BCUT2D eigenvalue weighted by molar-refractivity contribution is 0.0948. The second-order valence-electron chi connectivity index (χ2n) is 4.24. The molecular formula is C13H11Cl2N3O3. The minimum absolute atomic E-state index is 0.0917. The van der Waals surface area contributed by atoms with E-state index in [-0.39, 0.29) is 5.69 Å². The highest BCUT2D eigenvalue weighted by Crippen LogP contribution is 2.20. The molecule has 1 heterocycles. The van der Waals surface area contributed by atoms with Crippen molar-refractivity contribution in [3.63, 3.8) is 0 Å². The molecule has 110 valence electrons. The predicted octanol–water partition coefficient (Wildman–Crippen LogP) is 1.34. The molecule has 0 saturated heterocycles. The van der Waals surface area contributed by atoms with Crippen LogP contribution in [-0.2, 0) is 6.42 Å². The summed E-state index contributed by atoms with van der Waals surface area (Å²) in [7, 11) is 0. The number of benzene rings is 1. The second-order valence-corrected chi connectivity index (χ2v) is 5.09. The summed E-state index contributed by atoms with van der Waals surface area (Å²) in [6.07, 6.45) is 0.495. The van der Waals surface area contributed by atoms with Gasteiger partial charge in [-0.3, -0.25) is 14.6 Å². The van der Waals surface area contributed by atoms with Gasteiger partial charge in [0.2, 0.25) is 0 Å². The molecule has 3 N–H and O–H groups in total. The van der Waals surface area contributed by atoms with Gasteiger partial charge in [-0.05, 0) is 24.1 Å². The van der Waals surface area contributed by atoms with Crippen LogP contribution < -0.4 is 16.6 Å². The average Bonchev–Trinajstić information content (AvgIpc) is 2.40. The molecule has 0 aliphatic carbocycles. The standard InChI is InChI=1S/C13H11Cl2N3O3/c14-8-2-1-7(9(15)5-8)3-4-16-12(20)10-6-11(19)18-13(21)17-10/h1-2,5-6H,3-4H2,(H,16,20)(H2,17,18,19,21). The van der Waals surface area contributed by atoms with Crippen molar-refractivity contribution in [1.29, 1.82) is 0 Å². The lowest BCUT2D eigenvalue weighted by atomic mass is 10.1. The maximum absolute atomic E-state index is 11.8. The molecule has 6 nitrogen and oxygen atoms in total. The molecule has 8 heteroatoms. The van der Waals surface area contributed by atoms with Gasteiger partial charge in [0, 0.05) is 22.7 Å². The second kappa shape index (κ2) is 6.60. The number of H-pyrrole nitrogens is 2. The molecule has 0 spiro atoms. The molecule has 0 aliphatic rings. The summed E-state index contributed by atoms with van der Waals surface area (Å²) in [5, 5.41) is 3.64. The van der Waals surface area contributed by atoms with Crippen molar-refractivity contribution in [1.82, 2.24) is 15.3 Å². The van der Waals surface area contributed by atoms with E-state index in [1.54, 1.807) is 18.2 Å². The van der Waals surface area contributed by atoms with Gasteiger partial charge in [0.1, 0.15) is 5.69 Å². The van der Waals surface area contributed by atoms with Gasteiger partial charge in [0.25, 0.3) is 11.5 Å². The van der Waals surface area contributed by atoms with E-state index in [4.69, 9.17) is 23.2 Å². The molecule has 2 rings (SSSR count). The number of nitrogens with one attached hydrogen (secondary N) is 3. The Hall–Kier alpha value is -2.05. The summed E-state index contributed by atoms with van der Waals surface area (Å²) < 4.78 is 0. The first kappa shape index (κ1) is 15.3. The van der Waals surface area contributed by atoms with Crippen molar-refractivity contribution < 1.29 is 4.79 Å². The van der Waals surface area contributed by atoms with E-state index >= 15 is 0 Å². The van der Waals surface area contributed by atoms with Crippen LogP contribution in [0.1, 0.15) is 16.1 Å². The first-order valence-electron chi connectivity index (χ1n) is 6.01. The van der Waals surface area contributed by atoms with Gasteiger partial charge < -0.3 is 10.3 Å². The Morgan fingerprint density at radius 1 is 1.14 bits per heavy atom. The van der Waals surface area contributed by atoms with E-state index in [0.717, 1.165) is 11.6 Å². The monoisotopic (exact) mass is 327 g/mol. The van der Waals surface area contributed by atoms with Gasteiger partial charge in [0.15, 0.2) is 0 Å². The highest BCUT2D eigenvalue weighted by atomic mass is 35.5. The van der Waals surface area contributed by atoms with Crippen LogP contribution >= 0.6 is 23.2 Å². The Balaban J connectivity index is 1.98. The van der Waals surface area contributed by atoms with E-state index in [2.05, 4.69) is 10.3 Å². The van der Waals surface area contributed by atoms with E-state index in [9.17, 15) is 14.4 Å². The van der Waals surface area contributed by atoms with Crippen molar-refractivity contribution >= 4 is 29.1 Å². The minimum atomic E-state index is -0.728. The number of aromatic nitrogens is 2. The van der Waals surface area contributed by atoms with Gasteiger partial charge >= 0.3 is 5.69 Å². The molecule has 1 amide bonds. The van der Waals surface area contributed by atoms with Crippen LogP contribution in [0, 0.1) is 0 Å². The van der Waals surface area contributed by atoms with Crippen molar-refractivity contribution in [3.05, 3.63) is 66.4 Å². The largest absolute Gasteiger partial charge is 0.350 e. The van der Waals surface area contributed by atoms with Gasteiger partial charge in [-0.25, -0.2) is 4.79 Å². The SMILES string of the molecule is O=C(NCCc1ccc(Cl)cc1Cl)c1cc(=O)[nH]c(=O)[nH]1.